The van der Waals surface area contributed by atoms with Gasteiger partial charge in [-0.05, 0) is 50.7 Å². The van der Waals surface area contributed by atoms with Gasteiger partial charge in [0.25, 0.3) is 0 Å². The third-order valence-corrected chi connectivity index (χ3v) is 3.20. The summed E-state index contributed by atoms with van der Waals surface area (Å²) in [5, 5.41) is 10.5. The Labute approximate surface area is 97.3 Å². The molecule has 0 aliphatic rings. The largest absolute Gasteiger partial charge is 0.506 e. The summed E-state index contributed by atoms with van der Waals surface area (Å²) in [7, 11) is 0. The van der Waals surface area contributed by atoms with Crippen LogP contribution < -0.4 is 0 Å². The third kappa shape index (κ3) is 1.52. The molecule has 0 amide bonds. The monoisotopic (exact) mass is 349 g/mol. The number of aromatic nitrogens is 1. The lowest BCUT2D eigenvalue weighted by Gasteiger charge is -2.03. The van der Waals surface area contributed by atoms with E-state index in [1.165, 1.54) is 0 Å². The Hall–Kier alpha value is -0.360. The van der Waals surface area contributed by atoms with Gasteiger partial charge in [0.15, 0.2) is 0 Å². The van der Waals surface area contributed by atoms with Gasteiger partial charge in [0.2, 0.25) is 0 Å². The van der Waals surface area contributed by atoms with Crippen molar-refractivity contribution in [3.63, 3.8) is 0 Å². The lowest BCUT2D eigenvalue weighted by Crippen LogP contribution is -1.83. The molecule has 0 aliphatic carbocycles. The van der Waals surface area contributed by atoms with Gasteiger partial charge in [-0.3, -0.25) is 4.98 Å². The predicted molar refractivity (Wildman–Crippen MR) is 63.8 cm³/mol. The Kier molecular flexibility index (Phi) is 2.42. The number of halogens is 2. The Morgan fingerprint density at radius 3 is 2.92 bits per heavy atom. The molecule has 1 aromatic heterocycles. The van der Waals surface area contributed by atoms with Gasteiger partial charge in [0, 0.05) is 16.1 Å². The van der Waals surface area contributed by atoms with Gasteiger partial charge < -0.3 is 5.11 Å². The van der Waals surface area contributed by atoms with Crippen molar-refractivity contribution in [1.29, 1.82) is 0 Å². The quantitative estimate of drug-likeness (QED) is 0.740. The summed E-state index contributed by atoms with van der Waals surface area (Å²) in [6, 6.07) is 5.64. The van der Waals surface area contributed by atoms with Crippen LogP contribution in [0, 0.1) is 3.57 Å². The van der Waals surface area contributed by atoms with Crippen molar-refractivity contribution in [3.05, 3.63) is 32.4 Å². The van der Waals surface area contributed by atoms with Gasteiger partial charge in [-0.25, -0.2) is 0 Å². The van der Waals surface area contributed by atoms with Crippen LogP contribution in [-0.2, 0) is 0 Å². The van der Waals surface area contributed by atoms with E-state index >= 15 is 0 Å². The summed E-state index contributed by atoms with van der Waals surface area (Å²) in [6.45, 7) is 0. The summed E-state index contributed by atoms with van der Waals surface area (Å²) >= 11 is 5.44. The molecule has 0 radical (unpaired) electrons. The SMILES string of the molecule is Oc1c(I)cnc2c(Br)cccc12. The number of pyridine rings is 1. The zero-order valence-corrected chi connectivity index (χ0v) is 10.2. The minimum Gasteiger partial charge on any atom is -0.506 e. The highest BCUT2D eigenvalue weighted by molar-refractivity contribution is 14.1. The summed E-state index contributed by atoms with van der Waals surface area (Å²) < 4.78 is 1.67. The van der Waals surface area contributed by atoms with E-state index in [4.69, 9.17) is 0 Å². The summed E-state index contributed by atoms with van der Waals surface area (Å²) in [4.78, 5) is 4.23. The molecule has 1 N–H and O–H groups in total. The van der Waals surface area contributed by atoms with Crippen molar-refractivity contribution in [2.75, 3.05) is 0 Å². The van der Waals surface area contributed by atoms with E-state index in [2.05, 4.69) is 43.5 Å². The number of aromatic hydroxyl groups is 1. The number of rotatable bonds is 0. The molecule has 2 aromatic rings. The molecule has 66 valence electrons. The fourth-order valence-electron chi connectivity index (χ4n) is 1.15. The van der Waals surface area contributed by atoms with Crippen LogP contribution in [-0.4, -0.2) is 10.1 Å². The van der Waals surface area contributed by atoms with E-state index in [1.807, 2.05) is 18.2 Å². The van der Waals surface area contributed by atoms with Crippen LogP contribution in [0.5, 0.6) is 5.75 Å². The molecule has 0 atom stereocenters. The average Bonchev–Trinajstić information content (AvgIpc) is 2.12. The van der Waals surface area contributed by atoms with Crippen molar-refractivity contribution in [1.82, 2.24) is 4.98 Å². The van der Waals surface area contributed by atoms with Crippen molar-refractivity contribution in [3.8, 4) is 5.75 Å². The number of hydrogen-bond acceptors (Lipinski definition) is 2. The Bertz CT molecular complexity index is 472. The average molecular weight is 350 g/mol. The molecular formula is C9H5BrINO. The Morgan fingerprint density at radius 1 is 1.38 bits per heavy atom. The minimum atomic E-state index is 0.298. The molecule has 2 rings (SSSR count). The van der Waals surface area contributed by atoms with Gasteiger partial charge in [0.1, 0.15) is 5.75 Å². The summed E-state index contributed by atoms with van der Waals surface area (Å²) in [5.74, 6) is 0.298. The summed E-state index contributed by atoms with van der Waals surface area (Å²) in [6.07, 6.45) is 1.66. The standard InChI is InChI=1S/C9H5BrINO/c10-6-3-1-2-5-8(6)12-4-7(11)9(5)13/h1-4H,(H,12,13). The second-order valence-corrected chi connectivity index (χ2v) is 4.61. The van der Waals surface area contributed by atoms with E-state index in [9.17, 15) is 5.11 Å². The third-order valence-electron chi connectivity index (χ3n) is 1.78. The van der Waals surface area contributed by atoms with Gasteiger partial charge in [-0.2, -0.15) is 0 Å². The molecule has 1 heterocycles. The smallest absolute Gasteiger partial charge is 0.139 e. The molecule has 13 heavy (non-hydrogen) atoms. The number of fused-ring (bicyclic) bond motifs is 1. The number of benzene rings is 1. The molecular weight excluding hydrogens is 345 g/mol. The van der Waals surface area contributed by atoms with E-state index in [-0.39, 0.29) is 0 Å². The minimum absolute atomic E-state index is 0.298. The second-order valence-electron chi connectivity index (χ2n) is 2.59. The van der Waals surface area contributed by atoms with Crippen LogP contribution in [0.2, 0.25) is 0 Å². The fourth-order valence-corrected chi connectivity index (χ4v) is 2.05. The fraction of sp³-hybridized carbons (Fsp3) is 0. The first-order valence-corrected chi connectivity index (χ1v) is 5.49. The molecule has 4 heteroatoms. The van der Waals surface area contributed by atoms with Crippen LogP contribution in [0.15, 0.2) is 28.9 Å². The molecule has 2 nitrogen and oxygen atoms in total. The van der Waals surface area contributed by atoms with Crippen LogP contribution >= 0.6 is 38.5 Å². The highest BCUT2D eigenvalue weighted by atomic mass is 127. The highest BCUT2D eigenvalue weighted by Crippen LogP contribution is 2.31. The topological polar surface area (TPSA) is 33.1 Å². The molecule has 0 saturated carbocycles. The molecule has 0 aliphatic heterocycles. The second kappa shape index (κ2) is 3.42. The molecule has 0 fully saturated rings. The maximum Gasteiger partial charge on any atom is 0.139 e. The Morgan fingerprint density at radius 2 is 2.15 bits per heavy atom. The van der Waals surface area contributed by atoms with Gasteiger partial charge in [-0.15, -0.1) is 0 Å². The summed E-state index contributed by atoms with van der Waals surface area (Å²) in [5.41, 5.74) is 0.792. The molecule has 1 aromatic carbocycles. The van der Waals surface area contributed by atoms with Gasteiger partial charge in [0.05, 0.1) is 9.09 Å². The lowest BCUT2D eigenvalue weighted by molar-refractivity contribution is 0.477. The maximum atomic E-state index is 9.71. The van der Waals surface area contributed by atoms with Crippen molar-refractivity contribution < 1.29 is 5.11 Å². The zero-order valence-electron chi connectivity index (χ0n) is 6.46. The van der Waals surface area contributed by atoms with Gasteiger partial charge >= 0.3 is 0 Å². The van der Waals surface area contributed by atoms with Crippen molar-refractivity contribution >= 4 is 49.4 Å². The molecule has 0 spiro atoms. The number of nitrogens with zero attached hydrogens (tertiary/aromatic N) is 1. The van der Waals surface area contributed by atoms with Crippen molar-refractivity contribution in [2.24, 2.45) is 0 Å². The first-order chi connectivity index (χ1) is 6.20. The maximum absolute atomic E-state index is 9.71. The predicted octanol–water partition coefficient (Wildman–Crippen LogP) is 3.31. The van der Waals surface area contributed by atoms with E-state index in [0.29, 0.717) is 5.75 Å². The van der Waals surface area contributed by atoms with Crippen LogP contribution in [0.1, 0.15) is 0 Å². The Balaban J connectivity index is 2.94. The zero-order chi connectivity index (χ0) is 9.42. The lowest BCUT2D eigenvalue weighted by atomic mass is 10.2. The number of para-hydroxylation sites is 1. The van der Waals surface area contributed by atoms with E-state index < -0.39 is 0 Å². The van der Waals surface area contributed by atoms with E-state index in [1.54, 1.807) is 6.20 Å². The molecule has 0 unspecified atom stereocenters. The first kappa shape index (κ1) is 9.21. The normalized spacial score (nSPS) is 10.6. The van der Waals surface area contributed by atoms with Crippen LogP contribution in [0.4, 0.5) is 0 Å². The number of hydrogen-bond donors (Lipinski definition) is 1. The highest BCUT2D eigenvalue weighted by Gasteiger charge is 2.06. The van der Waals surface area contributed by atoms with E-state index in [0.717, 1.165) is 18.9 Å². The first-order valence-electron chi connectivity index (χ1n) is 3.62. The molecule has 0 saturated heterocycles. The van der Waals surface area contributed by atoms with Gasteiger partial charge in [-0.1, -0.05) is 6.07 Å². The van der Waals surface area contributed by atoms with Crippen molar-refractivity contribution in [2.45, 2.75) is 0 Å². The van der Waals surface area contributed by atoms with Crippen LogP contribution in [0.3, 0.4) is 0 Å². The molecule has 0 bridgehead atoms. The van der Waals surface area contributed by atoms with Crippen LogP contribution in [0.25, 0.3) is 10.9 Å².